The number of rotatable bonds is 13. The third kappa shape index (κ3) is 7.20. The number of ether oxygens (including phenoxy) is 2. The first-order chi connectivity index (χ1) is 24.3. The van der Waals surface area contributed by atoms with E-state index >= 15 is 0 Å². The molecule has 0 atom stereocenters. The smallest absolute Gasteiger partial charge is 0.273 e. The molecule has 2 amide bonds. The molecule has 5 aromatic rings. The summed E-state index contributed by atoms with van der Waals surface area (Å²) in [6.07, 6.45) is 4.96. The summed E-state index contributed by atoms with van der Waals surface area (Å²) in [7, 11) is 1.60. The molecule has 0 radical (unpaired) electrons. The Morgan fingerprint density at radius 2 is 1.82 bits per heavy atom. The van der Waals surface area contributed by atoms with Gasteiger partial charge in [-0.3, -0.25) is 14.4 Å². The minimum Gasteiger partial charge on any atom is -0.496 e. The van der Waals surface area contributed by atoms with Gasteiger partial charge in [0.05, 0.1) is 30.9 Å². The number of nitrogens with one attached hydrogen (secondary N) is 1. The van der Waals surface area contributed by atoms with Crippen LogP contribution in [-0.2, 0) is 30.8 Å². The number of carbonyl (C=O) groups excluding carboxylic acids is 3. The van der Waals surface area contributed by atoms with E-state index < -0.39 is 5.91 Å². The van der Waals surface area contributed by atoms with E-state index in [-0.39, 0.29) is 36.4 Å². The largest absolute Gasteiger partial charge is 0.496 e. The van der Waals surface area contributed by atoms with Crippen LogP contribution in [0, 0.1) is 0 Å². The second-order valence-corrected chi connectivity index (χ2v) is 12.2. The number of fused-ring (bicyclic) bond motifs is 1. The zero-order valence-corrected chi connectivity index (χ0v) is 28.5. The molecule has 1 saturated heterocycles. The van der Waals surface area contributed by atoms with Crippen LogP contribution in [-0.4, -0.2) is 69.1 Å². The minimum absolute atomic E-state index is 0.00350. The van der Waals surface area contributed by atoms with Crippen LogP contribution < -0.4 is 15.8 Å². The summed E-state index contributed by atoms with van der Waals surface area (Å²) in [6, 6.07) is 17.9. The number of amides is 2. The van der Waals surface area contributed by atoms with Crippen LogP contribution in [0.3, 0.4) is 0 Å². The molecule has 1 aliphatic heterocycles. The number of nitrogens with zero attached hydrogens (tertiary/aromatic N) is 5. The lowest BCUT2D eigenvalue weighted by molar-refractivity contribution is 0.0723. The maximum Gasteiger partial charge on any atom is 0.273 e. The predicted molar refractivity (Wildman–Crippen MR) is 190 cm³/mol. The summed E-state index contributed by atoms with van der Waals surface area (Å²) in [5.74, 6) is -0.469. The number of aromatic nitrogens is 4. The lowest BCUT2D eigenvalue weighted by Crippen LogP contribution is -2.33. The quantitative estimate of drug-likeness (QED) is 0.156. The number of carbonyl (C=O) groups is 3. The molecule has 50 heavy (non-hydrogen) atoms. The van der Waals surface area contributed by atoms with Crippen LogP contribution in [0.15, 0.2) is 66.9 Å². The average Bonchev–Trinajstić information content (AvgIpc) is 3.58. The van der Waals surface area contributed by atoms with E-state index in [1.165, 1.54) is 6.07 Å². The fraction of sp³-hybridized carbons (Fsp3) is 0.316. The standard InChI is InChI=1S/C38H41N7O5/c1-4-31-30(35(41-27-14-16-50-17-15-27)29-20-40-45(5-2)37(29)43-31)22-44(38(48)33-11-7-10-32(42-33)36(39)47)21-24-12-13-34(49-3)28(19-24)26-9-6-8-25(18-26)23-46/h6-13,18-20,23,27H,4-5,14-17,21-22H2,1-3H3,(H2,39,47)(H,41,43). The van der Waals surface area contributed by atoms with Crippen molar-refractivity contribution < 1.29 is 23.9 Å². The van der Waals surface area contributed by atoms with Crippen LogP contribution in [0.2, 0.25) is 0 Å². The molecule has 6 rings (SSSR count). The summed E-state index contributed by atoms with van der Waals surface area (Å²) in [5, 5.41) is 9.31. The summed E-state index contributed by atoms with van der Waals surface area (Å²) in [5.41, 5.74) is 12.0. The highest BCUT2D eigenvalue weighted by molar-refractivity contribution is 5.96. The van der Waals surface area contributed by atoms with Gasteiger partial charge in [-0.25, -0.2) is 14.6 Å². The normalized spacial score (nSPS) is 13.3. The molecule has 0 unspecified atom stereocenters. The Kier molecular flexibility index (Phi) is 10.5. The summed E-state index contributed by atoms with van der Waals surface area (Å²) in [6.45, 7) is 6.46. The van der Waals surface area contributed by atoms with Crippen molar-refractivity contribution in [1.82, 2.24) is 24.6 Å². The number of aldehydes is 1. The third-order valence-corrected chi connectivity index (χ3v) is 9.00. The van der Waals surface area contributed by atoms with Crippen molar-refractivity contribution in [1.29, 1.82) is 0 Å². The Balaban J connectivity index is 1.47. The highest BCUT2D eigenvalue weighted by Crippen LogP contribution is 2.35. The Labute approximate surface area is 290 Å². The first-order valence-corrected chi connectivity index (χ1v) is 16.8. The molecular formula is C38H41N7O5. The number of hydrogen-bond acceptors (Lipinski definition) is 9. The van der Waals surface area contributed by atoms with Crippen molar-refractivity contribution in [2.75, 3.05) is 25.6 Å². The van der Waals surface area contributed by atoms with Crippen LogP contribution in [0.5, 0.6) is 5.75 Å². The summed E-state index contributed by atoms with van der Waals surface area (Å²) < 4.78 is 13.2. The molecule has 0 bridgehead atoms. The molecule has 12 heteroatoms. The molecule has 3 aromatic heterocycles. The maximum atomic E-state index is 14.5. The van der Waals surface area contributed by atoms with Crippen molar-refractivity contribution in [2.45, 2.75) is 58.8 Å². The molecule has 3 N–H and O–H groups in total. The van der Waals surface area contributed by atoms with Gasteiger partial charge in [0.25, 0.3) is 11.8 Å². The number of methoxy groups -OCH3 is 1. The molecule has 0 saturated carbocycles. The van der Waals surface area contributed by atoms with Crippen LogP contribution in [0.25, 0.3) is 22.2 Å². The topological polar surface area (TPSA) is 155 Å². The third-order valence-electron chi connectivity index (χ3n) is 9.00. The number of primary amides is 1. The van der Waals surface area contributed by atoms with Gasteiger partial charge in [0, 0.05) is 54.7 Å². The van der Waals surface area contributed by atoms with Crippen LogP contribution >= 0.6 is 0 Å². The van der Waals surface area contributed by atoms with E-state index in [4.69, 9.17) is 20.2 Å². The second kappa shape index (κ2) is 15.3. The molecule has 2 aromatic carbocycles. The van der Waals surface area contributed by atoms with E-state index in [1.807, 2.05) is 48.1 Å². The van der Waals surface area contributed by atoms with Crippen molar-refractivity contribution in [3.05, 3.63) is 101 Å². The van der Waals surface area contributed by atoms with E-state index in [1.54, 1.807) is 36.3 Å². The lowest BCUT2D eigenvalue weighted by Gasteiger charge is -2.29. The minimum atomic E-state index is -0.720. The van der Waals surface area contributed by atoms with E-state index in [0.29, 0.717) is 37.5 Å². The zero-order valence-electron chi connectivity index (χ0n) is 28.5. The monoisotopic (exact) mass is 675 g/mol. The second-order valence-electron chi connectivity index (χ2n) is 12.2. The fourth-order valence-electron chi connectivity index (χ4n) is 6.40. The highest BCUT2D eigenvalue weighted by atomic mass is 16.5. The molecule has 12 nitrogen and oxygen atoms in total. The summed E-state index contributed by atoms with van der Waals surface area (Å²) >= 11 is 0. The molecule has 258 valence electrons. The van der Waals surface area contributed by atoms with Crippen molar-refractivity contribution in [2.24, 2.45) is 5.73 Å². The molecule has 1 aliphatic rings. The molecule has 0 spiro atoms. The van der Waals surface area contributed by atoms with E-state index in [9.17, 15) is 14.4 Å². The van der Waals surface area contributed by atoms with Gasteiger partial charge in [0.15, 0.2) is 5.65 Å². The van der Waals surface area contributed by atoms with Crippen molar-refractivity contribution in [3.8, 4) is 16.9 Å². The number of aryl methyl sites for hydroxylation is 2. The number of anilines is 1. The first-order valence-electron chi connectivity index (χ1n) is 16.8. The molecule has 4 heterocycles. The average molecular weight is 676 g/mol. The van der Waals surface area contributed by atoms with Crippen LogP contribution in [0.4, 0.5) is 5.69 Å². The van der Waals surface area contributed by atoms with Gasteiger partial charge in [-0.05, 0) is 67.6 Å². The Hall–Kier alpha value is -5.62. The maximum absolute atomic E-state index is 14.5. The van der Waals surface area contributed by atoms with Crippen molar-refractivity contribution in [3.63, 3.8) is 0 Å². The Bertz CT molecular complexity index is 2040. The van der Waals surface area contributed by atoms with Gasteiger partial charge in [-0.1, -0.05) is 37.3 Å². The number of nitrogens with two attached hydrogens (primary N) is 1. The number of hydrogen-bond donors (Lipinski definition) is 2. The van der Waals surface area contributed by atoms with Crippen LogP contribution in [0.1, 0.15) is 74.8 Å². The van der Waals surface area contributed by atoms with Gasteiger partial charge >= 0.3 is 0 Å². The van der Waals surface area contributed by atoms with Gasteiger partial charge in [0.2, 0.25) is 0 Å². The zero-order chi connectivity index (χ0) is 35.2. The van der Waals surface area contributed by atoms with Gasteiger partial charge in [0.1, 0.15) is 23.4 Å². The highest BCUT2D eigenvalue weighted by Gasteiger charge is 2.26. The Morgan fingerprint density at radius 3 is 2.54 bits per heavy atom. The molecule has 0 aliphatic carbocycles. The fourth-order valence-corrected chi connectivity index (χ4v) is 6.40. The molecule has 1 fully saturated rings. The Morgan fingerprint density at radius 1 is 1.04 bits per heavy atom. The van der Waals surface area contributed by atoms with Gasteiger partial charge < -0.3 is 25.4 Å². The first kappa shape index (κ1) is 34.3. The van der Waals surface area contributed by atoms with Gasteiger partial charge in [-0.15, -0.1) is 0 Å². The SMILES string of the molecule is CCc1nc2c(cnn2CC)c(NC2CCOCC2)c1CN(Cc1ccc(OC)c(-c2cccc(C=O)c2)c1)C(=O)c1cccc(C(N)=O)n1. The van der Waals surface area contributed by atoms with E-state index in [0.717, 1.165) is 63.8 Å². The number of benzene rings is 2. The predicted octanol–water partition coefficient (Wildman–Crippen LogP) is 5.43. The van der Waals surface area contributed by atoms with Crippen molar-refractivity contribution >= 4 is 34.8 Å². The lowest BCUT2D eigenvalue weighted by atomic mass is 9.99. The summed E-state index contributed by atoms with van der Waals surface area (Å²) in [4.78, 5) is 49.2. The number of pyridine rings is 2. The molecular weight excluding hydrogens is 634 g/mol. The van der Waals surface area contributed by atoms with Gasteiger partial charge in [-0.2, -0.15) is 5.10 Å². The van der Waals surface area contributed by atoms with E-state index in [2.05, 4.69) is 22.3 Å².